The molecule has 4 nitrogen and oxygen atoms in total. The van der Waals surface area contributed by atoms with Crippen LogP contribution in [0.25, 0.3) is 0 Å². The van der Waals surface area contributed by atoms with Crippen LogP contribution in [0.15, 0.2) is 128 Å². The third-order valence-electron chi connectivity index (χ3n) is 6.34. The Hall–Kier alpha value is -4.02. The monoisotopic (exact) mass is 445 g/mol. The van der Waals surface area contributed by atoms with Crippen molar-refractivity contribution in [1.29, 1.82) is 0 Å². The molecule has 0 spiro atoms. The number of hydrogen-bond donors (Lipinski definition) is 1. The summed E-state index contributed by atoms with van der Waals surface area (Å²) in [6.45, 7) is 0. The third-order valence-corrected chi connectivity index (χ3v) is 6.34. The molecule has 5 aromatic rings. The van der Waals surface area contributed by atoms with Crippen LogP contribution < -0.4 is 0 Å². The van der Waals surface area contributed by atoms with Crippen LogP contribution in [0.2, 0.25) is 0 Å². The summed E-state index contributed by atoms with van der Waals surface area (Å²) in [5.41, 5.74) is 4.67. The van der Waals surface area contributed by atoms with Gasteiger partial charge >= 0.3 is 0 Å². The molecule has 0 radical (unpaired) electrons. The van der Waals surface area contributed by atoms with Crippen LogP contribution in [0, 0.1) is 0 Å². The van der Waals surface area contributed by atoms with Gasteiger partial charge in [0, 0.05) is 18.6 Å². The van der Waals surface area contributed by atoms with Crippen LogP contribution in [0.3, 0.4) is 0 Å². The summed E-state index contributed by atoms with van der Waals surface area (Å²) in [6.07, 6.45) is 8.14. The van der Waals surface area contributed by atoms with E-state index in [1.807, 2.05) is 36.7 Å². The highest BCUT2D eigenvalue weighted by Gasteiger charge is 2.38. The Labute approximate surface area is 200 Å². The van der Waals surface area contributed by atoms with Gasteiger partial charge in [0.1, 0.15) is 5.54 Å². The van der Waals surface area contributed by atoms with Gasteiger partial charge in [-0.2, -0.15) is 0 Å². The molecular formula is C30H27N3O. The summed E-state index contributed by atoms with van der Waals surface area (Å²) in [5, 5.41) is 10.6. The Morgan fingerprint density at radius 3 is 1.79 bits per heavy atom. The summed E-state index contributed by atoms with van der Waals surface area (Å²) >= 11 is 0. The van der Waals surface area contributed by atoms with Gasteiger partial charge in [-0.1, -0.05) is 97.1 Å². The number of pyridine rings is 1. The number of nitrogens with zero attached hydrogens (tertiary/aromatic N) is 3. The van der Waals surface area contributed by atoms with Crippen molar-refractivity contribution in [2.45, 2.75) is 24.5 Å². The number of aliphatic hydroxyl groups is 1. The van der Waals surface area contributed by atoms with Crippen LogP contribution >= 0.6 is 0 Å². The first kappa shape index (κ1) is 21.8. The van der Waals surface area contributed by atoms with E-state index >= 15 is 0 Å². The summed E-state index contributed by atoms with van der Waals surface area (Å²) < 4.78 is 2.21. The molecule has 1 N–H and O–H groups in total. The van der Waals surface area contributed by atoms with Gasteiger partial charge in [-0.3, -0.25) is 4.98 Å². The van der Waals surface area contributed by atoms with Crippen LogP contribution in [0.5, 0.6) is 0 Å². The van der Waals surface area contributed by atoms with Crippen LogP contribution in [0.4, 0.5) is 0 Å². The van der Waals surface area contributed by atoms with Gasteiger partial charge in [0.05, 0.1) is 18.1 Å². The average molecular weight is 446 g/mol. The second-order valence-electron chi connectivity index (χ2n) is 8.42. The zero-order chi connectivity index (χ0) is 23.2. The zero-order valence-corrected chi connectivity index (χ0v) is 18.9. The minimum absolute atomic E-state index is 0.569. The van der Waals surface area contributed by atoms with E-state index in [9.17, 15) is 5.11 Å². The minimum Gasteiger partial charge on any atom is -0.388 e. The summed E-state index contributed by atoms with van der Waals surface area (Å²) in [7, 11) is 0. The fraction of sp³-hybridized carbons (Fsp3) is 0.133. The normalized spacial score (nSPS) is 12.4. The predicted molar refractivity (Wildman–Crippen MR) is 134 cm³/mol. The Bertz CT molecular complexity index is 1210. The standard InChI is InChI=1S/C30H27N3O/c34-29(24-11-10-20-31-21-24)19-18-28-22-33(23-32-28)30(25-12-4-1-5-13-25,26-14-6-2-7-15-26)27-16-8-3-9-17-27/h1-17,20-23,29,34H,18-19H2. The molecule has 1 atom stereocenters. The molecule has 34 heavy (non-hydrogen) atoms. The summed E-state index contributed by atoms with van der Waals surface area (Å²) in [6, 6.07) is 35.4. The average Bonchev–Trinajstić information content (AvgIpc) is 3.39. The van der Waals surface area contributed by atoms with Gasteiger partial charge in [0.2, 0.25) is 0 Å². The molecule has 0 aliphatic heterocycles. The predicted octanol–water partition coefficient (Wildman–Crippen LogP) is 5.78. The van der Waals surface area contributed by atoms with Gasteiger partial charge in [-0.05, 0) is 41.2 Å². The van der Waals surface area contributed by atoms with Crippen molar-refractivity contribution >= 4 is 0 Å². The van der Waals surface area contributed by atoms with E-state index < -0.39 is 11.6 Å². The Kier molecular flexibility index (Phi) is 6.32. The van der Waals surface area contributed by atoms with E-state index in [1.54, 1.807) is 12.4 Å². The maximum Gasteiger partial charge on any atom is 0.121 e. The van der Waals surface area contributed by atoms with Crippen molar-refractivity contribution in [2.24, 2.45) is 0 Å². The molecule has 0 aliphatic rings. The minimum atomic E-state index is -0.572. The van der Waals surface area contributed by atoms with Crippen molar-refractivity contribution in [3.8, 4) is 0 Å². The highest BCUT2D eigenvalue weighted by molar-refractivity contribution is 5.50. The fourth-order valence-electron chi connectivity index (χ4n) is 4.69. The van der Waals surface area contributed by atoms with Gasteiger partial charge in [-0.15, -0.1) is 0 Å². The van der Waals surface area contributed by atoms with E-state index in [0.717, 1.165) is 27.9 Å². The molecule has 0 aliphatic carbocycles. The smallest absolute Gasteiger partial charge is 0.121 e. The number of hydrogen-bond acceptors (Lipinski definition) is 3. The number of rotatable bonds is 8. The lowest BCUT2D eigenvalue weighted by molar-refractivity contribution is 0.167. The number of aliphatic hydroxyl groups excluding tert-OH is 1. The molecule has 4 heteroatoms. The van der Waals surface area contributed by atoms with E-state index in [2.05, 4.69) is 88.5 Å². The first-order chi connectivity index (χ1) is 16.8. The van der Waals surface area contributed by atoms with E-state index in [4.69, 9.17) is 4.98 Å². The topological polar surface area (TPSA) is 50.9 Å². The quantitative estimate of drug-likeness (QED) is 0.308. The van der Waals surface area contributed by atoms with Gasteiger partial charge in [0.15, 0.2) is 0 Å². The highest BCUT2D eigenvalue weighted by atomic mass is 16.3. The molecule has 1 unspecified atom stereocenters. The largest absolute Gasteiger partial charge is 0.388 e. The Morgan fingerprint density at radius 2 is 1.29 bits per heavy atom. The van der Waals surface area contributed by atoms with Crippen molar-refractivity contribution in [3.63, 3.8) is 0 Å². The lowest BCUT2D eigenvalue weighted by Crippen LogP contribution is -2.36. The number of aromatic nitrogens is 3. The molecule has 0 saturated heterocycles. The second-order valence-corrected chi connectivity index (χ2v) is 8.42. The highest BCUT2D eigenvalue weighted by Crippen LogP contribution is 2.40. The van der Waals surface area contributed by atoms with Crippen molar-refractivity contribution in [3.05, 3.63) is 156 Å². The lowest BCUT2D eigenvalue weighted by atomic mass is 9.77. The summed E-state index contributed by atoms with van der Waals surface area (Å²) in [5.74, 6) is 0. The van der Waals surface area contributed by atoms with Gasteiger partial charge < -0.3 is 9.67 Å². The van der Waals surface area contributed by atoms with Gasteiger partial charge in [-0.25, -0.2) is 4.98 Å². The molecule has 3 aromatic carbocycles. The molecule has 2 heterocycles. The maximum atomic E-state index is 10.6. The molecular weight excluding hydrogens is 418 g/mol. The molecule has 168 valence electrons. The molecule has 2 aromatic heterocycles. The van der Waals surface area contributed by atoms with Crippen LogP contribution in [-0.4, -0.2) is 19.6 Å². The first-order valence-electron chi connectivity index (χ1n) is 11.6. The fourth-order valence-corrected chi connectivity index (χ4v) is 4.69. The van der Waals surface area contributed by atoms with Crippen LogP contribution in [0.1, 0.15) is 40.5 Å². The van der Waals surface area contributed by atoms with E-state index in [0.29, 0.717) is 12.8 Å². The Morgan fingerprint density at radius 1 is 0.735 bits per heavy atom. The lowest BCUT2D eigenvalue weighted by Gasteiger charge is -2.37. The molecule has 0 bridgehead atoms. The molecule has 0 fully saturated rings. The van der Waals surface area contributed by atoms with Crippen molar-refractivity contribution in [2.75, 3.05) is 0 Å². The second kappa shape index (κ2) is 9.86. The number of aryl methyl sites for hydroxylation is 1. The molecule has 5 rings (SSSR count). The van der Waals surface area contributed by atoms with Crippen LogP contribution in [-0.2, 0) is 12.0 Å². The summed E-state index contributed by atoms with van der Waals surface area (Å²) in [4.78, 5) is 8.88. The van der Waals surface area contributed by atoms with Crippen molar-refractivity contribution < 1.29 is 5.11 Å². The van der Waals surface area contributed by atoms with E-state index in [-0.39, 0.29) is 0 Å². The molecule has 0 amide bonds. The van der Waals surface area contributed by atoms with Crippen molar-refractivity contribution in [1.82, 2.24) is 14.5 Å². The maximum absolute atomic E-state index is 10.6. The first-order valence-corrected chi connectivity index (χ1v) is 11.6. The SMILES string of the molecule is OC(CCc1cn(C(c2ccccc2)(c2ccccc2)c2ccccc2)cn1)c1cccnc1. The van der Waals surface area contributed by atoms with Gasteiger partial charge in [0.25, 0.3) is 0 Å². The molecule has 0 saturated carbocycles. The number of imidazole rings is 1. The Balaban J connectivity index is 1.58. The van der Waals surface area contributed by atoms with E-state index in [1.165, 1.54) is 0 Å². The number of benzene rings is 3. The zero-order valence-electron chi connectivity index (χ0n) is 18.9. The third kappa shape index (κ3) is 4.16.